The Hall–Kier alpha value is -0.620. The number of sulfonamides is 1. The first-order valence-electron chi connectivity index (χ1n) is 5.50. The predicted octanol–water partition coefficient (Wildman–Crippen LogP) is 1.20. The highest BCUT2D eigenvalue weighted by molar-refractivity contribution is 7.90. The van der Waals surface area contributed by atoms with Gasteiger partial charge in [-0.1, -0.05) is 26.7 Å². The van der Waals surface area contributed by atoms with Crippen LogP contribution in [0.5, 0.6) is 0 Å². The lowest BCUT2D eigenvalue weighted by atomic mass is 9.96. The Morgan fingerprint density at radius 1 is 1.25 bits per heavy atom. The molecule has 0 heterocycles. The quantitative estimate of drug-likeness (QED) is 0.712. The van der Waals surface area contributed by atoms with Gasteiger partial charge in [-0.3, -0.25) is 4.79 Å². The fraction of sp³-hybridized carbons (Fsp3) is 0.900. The van der Waals surface area contributed by atoms with Gasteiger partial charge in [0, 0.05) is 6.04 Å². The van der Waals surface area contributed by atoms with Gasteiger partial charge in [0.1, 0.15) is 0 Å². The van der Waals surface area contributed by atoms with Crippen molar-refractivity contribution >= 4 is 16.0 Å². The van der Waals surface area contributed by atoms with Crippen molar-refractivity contribution < 1.29 is 18.3 Å². The number of hydrogen-bond acceptors (Lipinski definition) is 3. The van der Waals surface area contributed by atoms with Crippen molar-refractivity contribution in [2.45, 2.75) is 51.8 Å². The van der Waals surface area contributed by atoms with Gasteiger partial charge < -0.3 is 5.11 Å². The second kappa shape index (κ2) is 6.20. The third-order valence-electron chi connectivity index (χ3n) is 2.92. The molecule has 0 aliphatic rings. The first kappa shape index (κ1) is 15.4. The maximum atomic E-state index is 11.6. The van der Waals surface area contributed by atoms with Crippen LogP contribution in [0.4, 0.5) is 0 Å². The van der Waals surface area contributed by atoms with Gasteiger partial charge in [0.05, 0.1) is 0 Å². The summed E-state index contributed by atoms with van der Waals surface area (Å²) in [5.74, 6) is -1.10. The van der Waals surface area contributed by atoms with Gasteiger partial charge in [-0.25, -0.2) is 13.1 Å². The summed E-state index contributed by atoms with van der Waals surface area (Å²) in [4.78, 5) is 10.6. The molecule has 0 aliphatic heterocycles. The lowest BCUT2D eigenvalue weighted by Crippen LogP contribution is -2.44. The van der Waals surface area contributed by atoms with Crippen LogP contribution in [0.15, 0.2) is 0 Å². The molecule has 0 aromatic heterocycles. The third-order valence-corrected chi connectivity index (χ3v) is 4.75. The molecule has 96 valence electrons. The maximum absolute atomic E-state index is 11.6. The molecule has 0 saturated heterocycles. The van der Waals surface area contributed by atoms with Crippen molar-refractivity contribution in [3.63, 3.8) is 0 Å². The van der Waals surface area contributed by atoms with Crippen molar-refractivity contribution in [1.29, 1.82) is 0 Å². The van der Waals surface area contributed by atoms with E-state index in [2.05, 4.69) is 4.72 Å². The van der Waals surface area contributed by atoms with Crippen LogP contribution >= 0.6 is 0 Å². The minimum absolute atomic E-state index is 0.232. The van der Waals surface area contributed by atoms with E-state index in [-0.39, 0.29) is 12.0 Å². The van der Waals surface area contributed by atoms with Crippen LogP contribution in [0.25, 0.3) is 0 Å². The standard InChI is InChI=1S/C10H21NO4S/c1-5-9(6-2)7(3)11-16(14,15)8(4)10(12)13/h7-9,11H,5-6H2,1-4H3,(H,12,13). The normalized spacial score (nSPS) is 16.1. The van der Waals surface area contributed by atoms with E-state index in [1.165, 1.54) is 6.92 Å². The third kappa shape index (κ3) is 4.09. The van der Waals surface area contributed by atoms with Crippen LogP contribution in [0.3, 0.4) is 0 Å². The van der Waals surface area contributed by atoms with Gasteiger partial charge >= 0.3 is 5.97 Å². The highest BCUT2D eigenvalue weighted by Crippen LogP contribution is 2.14. The van der Waals surface area contributed by atoms with Crippen molar-refractivity contribution in [3.8, 4) is 0 Å². The Balaban J connectivity index is 4.65. The molecule has 2 atom stereocenters. The SMILES string of the molecule is CCC(CC)C(C)NS(=O)(=O)C(C)C(=O)O. The van der Waals surface area contributed by atoms with Gasteiger partial charge in [0.25, 0.3) is 0 Å². The molecule has 0 rings (SSSR count). The second-order valence-electron chi connectivity index (χ2n) is 4.01. The van der Waals surface area contributed by atoms with E-state index in [1.54, 1.807) is 6.92 Å². The number of carboxylic acid groups (broad SMARTS) is 1. The molecule has 0 saturated carbocycles. The highest BCUT2D eigenvalue weighted by Gasteiger charge is 2.30. The topological polar surface area (TPSA) is 83.5 Å². The Morgan fingerprint density at radius 3 is 2.00 bits per heavy atom. The zero-order valence-corrected chi connectivity index (χ0v) is 11.0. The first-order chi connectivity index (χ1) is 7.26. The Labute approximate surface area is 97.3 Å². The summed E-state index contributed by atoms with van der Waals surface area (Å²) >= 11 is 0. The molecule has 0 amide bonds. The maximum Gasteiger partial charge on any atom is 0.323 e. The predicted molar refractivity (Wildman–Crippen MR) is 62.7 cm³/mol. The number of hydrogen-bond donors (Lipinski definition) is 2. The zero-order chi connectivity index (χ0) is 12.9. The highest BCUT2D eigenvalue weighted by atomic mass is 32.2. The fourth-order valence-electron chi connectivity index (χ4n) is 1.59. The number of carbonyl (C=O) groups is 1. The second-order valence-corrected chi connectivity index (χ2v) is 6.04. The average Bonchev–Trinajstić information content (AvgIpc) is 2.17. The molecular formula is C10H21NO4S. The number of nitrogens with one attached hydrogen (secondary N) is 1. The summed E-state index contributed by atoms with van der Waals surface area (Å²) in [5.41, 5.74) is 0. The van der Waals surface area contributed by atoms with Crippen molar-refractivity contribution in [2.75, 3.05) is 0 Å². The Kier molecular flexibility index (Phi) is 5.96. The summed E-state index contributed by atoms with van der Waals surface area (Å²) in [7, 11) is -3.77. The molecule has 2 unspecified atom stereocenters. The van der Waals surface area contributed by atoms with E-state index in [0.29, 0.717) is 0 Å². The van der Waals surface area contributed by atoms with Crippen molar-refractivity contribution in [2.24, 2.45) is 5.92 Å². The van der Waals surface area contributed by atoms with Crippen molar-refractivity contribution in [1.82, 2.24) is 4.72 Å². The zero-order valence-electron chi connectivity index (χ0n) is 10.2. The smallest absolute Gasteiger partial charge is 0.323 e. The molecule has 0 radical (unpaired) electrons. The summed E-state index contributed by atoms with van der Waals surface area (Å²) in [6.45, 7) is 6.91. The number of carboxylic acids is 1. The summed E-state index contributed by atoms with van der Waals surface area (Å²) in [5, 5.41) is 7.25. The molecule has 6 heteroatoms. The summed E-state index contributed by atoms with van der Waals surface area (Å²) in [6, 6.07) is -0.234. The average molecular weight is 251 g/mol. The molecule has 5 nitrogen and oxygen atoms in total. The largest absolute Gasteiger partial charge is 0.480 e. The van der Waals surface area contributed by atoms with Gasteiger partial charge in [-0.05, 0) is 19.8 Å². The minimum Gasteiger partial charge on any atom is -0.480 e. The first-order valence-corrected chi connectivity index (χ1v) is 7.04. The molecule has 0 bridgehead atoms. The van der Waals surface area contributed by atoms with Crippen LogP contribution in [0.2, 0.25) is 0 Å². The molecular weight excluding hydrogens is 230 g/mol. The van der Waals surface area contributed by atoms with Crippen LogP contribution in [0, 0.1) is 5.92 Å². The summed E-state index contributed by atoms with van der Waals surface area (Å²) < 4.78 is 25.7. The molecule has 0 aromatic rings. The molecule has 2 N–H and O–H groups in total. The van der Waals surface area contributed by atoms with Crippen LogP contribution in [0.1, 0.15) is 40.5 Å². The lowest BCUT2D eigenvalue weighted by Gasteiger charge is -2.23. The lowest BCUT2D eigenvalue weighted by molar-refractivity contribution is -0.136. The Bertz CT molecular complexity index is 322. The molecule has 0 fully saturated rings. The van der Waals surface area contributed by atoms with Gasteiger partial charge in [-0.15, -0.1) is 0 Å². The van der Waals surface area contributed by atoms with E-state index < -0.39 is 21.2 Å². The van der Waals surface area contributed by atoms with Crippen LogP contribution < -0.4 is 4.72 Å². The summed E-state index contributed by atoms with van der Waals surface area (Å²) in [6.07, 6.45) is 1.73. The van der Waals surface area contributed by atoms with Gasteiger partial charge in [-0.2, -0.15) is 0 Å². The van der Waals surface area contributed by atoms with E-state index in [4.69, 9.17) is 5.11 Å². The molecule has 0 spiro atoms. The number of rotatable bonds is 7. The minimum atomic E-state index is -3.77. The van der Waals surface area contributed by atoms with E-state index >= 15 is 0 Å². The van der Waals surface area contributed by atoms with Crippen molar-refractivity contribution in [3.05, 3.63) is 0 Å². The van der Waals surface area contributed by atoms with Crippen LogP contribution in [-0.2, 0) is 14.8 Å². The molecule has 0 aromatic carbocycles. The molecule has 0 aliphatic carbocycles. The van der Waals surface area contributed by atoms with Gasteiger partial charge in [0.15, 0.2) is 5.25 Å². The van der Waals surface area contributed by atoms with E-state index in [1.807, 2.05) is 13.8 Å². The monoisotopic (exact) mass is 251 g/mol. The fourth-order valence-corrected chi connectivity index (χ4v) is 2.77. The number of aliphatic carboxylic acids is 1. The van der Waals surface area contributed by atoms with E-state index in [0.717, 1.165) is 12.8 Å². The van der Waals surface area contributed by atoms with E-state index in [9.17, 15) is 13.2 Å². The van der Waals surface area contributed by atoms with Crippen LogP contribution in [-0.4, -0.2) is 30.8 Å². The Morgan fingerprint density at radius 2 is 1.69 bits per heavy atom. The van der Waals surface area contributed by atoms with Gasteiger partial charge in [0.2, 0.25) is 10.0 Å². The molecule has 16 heavy (non-hydrogen) atoms.